The first-order valence-electron chi connectivity index (χ1n) is 9.17. The molecule has 0 radical (unpaired) electrons. The van der Waals surface area contributed by atoms with Gasteiger partial charge in [-0.1, -0.05) is 13.0 Å². The highest BCUT2D eigenvalue weighted by Gasteiger charge is 2.23. The van der Waals surface area contributed by atoms with Gasteiger partial charge in [0.25, 0.3) is 0 Å². The molecule has 1 atom stereocenters. The molecule has 0 bridgehead atoms. The molecule has 1 aliphatic rings. The summed E-state index contributed by atoms with van der Waals surface area (Å²) in [4.78, 5) is 21.5. The van der Waals surface area contributed by atoms with E-state index < -0.39 is 5.92 Å². The Morgan fingerprint density at radius 2 is 1.38 bits per heavy atom. The molecule has 32 heavy (non-hydrogen) atoms. The number of nitrogens with two attached hydrogens (primary N) is 1. The molecule has 4 rings (SSSR count). The second-order valence-corrected chi connectivity index (χ2v) is 6.65. The van der Waals surface area contributed by atoms with Crippen LogP contribution in [0.2, 0.25) is 0 Å². The topological polar surface area (TPSA) is 209 Å². The van der Waals surface area contributed by atoms with Crippen LogP contribution >= 0.6 is 0 Å². The van der Waals surface area contributed by atoms with Gasteiger partial charge in [-0.05, 0) is 6.42 Å². The largest absolute Gasteiger partial charge is 0.381 e. The standard InChI is InChI=1S/C21H9N11/c1-2-9-3-10-16-18(30-14(7-25)13(6-24)29-16)20-19(32-21(27)15(8-26)31-20)17(10)28-12(5-23)11(9)4-22/h3,9H,2H2,1H3,(H2,27,32). The first-order valence-corrected chi connectivity index (χ1v) is 9.17. The smallest absolute Gasteiger partial charge is 0.183 e. The van der Waals surface area contributed by atoms with Crippen LogP contribution in [0.5, 0.6) is 0 Å². The summed E-state index contributed by atoms with van der Waals surface area (Å²) in [6.45, 7) is 1.85. The third-order valence-electron chi connectivity index (χ3n) is 4.98. The third kappa shape index (κ3) is 2.74. The molecule has 11 nitrogen and oxygen atoms in total. The summed E-state index contributed by atoms with van der Waals surface area (Å²) in [5.74, 6) is -0.620. The lowest BCUT2D eigenvalue weighted by molar-refractivity contribution is 0.779. The number of hydrogen-bond acceptors (Lipinski definition) is 11. The first-order chi connectivity index (χ1) is 15.5. The summed E-state index contributed by atoms with van der Waals surface area (Å²) in [5.41, 5.74) is 5.89. The molecule has 1 aliphatic heterocycles. The summed E-state index contributed by atoms with van der Waals surface area (Å²) >= 11 is 0. The fourth-order valence-corrected chi connectivity index (χ4v) is 3.49. The Morgan fingerprint density at radius 1 is 0.781 bits per heavy atom. The average molecular weight is 415 g/mol. The second-order valence-electron chi connectivity index (χ2n) is 6.65. The molecule has 11 heteroatoms. The Kier molecular flexibility index (Phi) is 4.61. The molecule has 3 heterocycles. The minimum Gasteiger partial charge on any atom is -0.381 e. The number of benzene rings is 1. The van der Waals surface area contributed by atoms with Gasteiger partial charge in [-0.2, -0.15) is 26.3 Å². The zero-order chi connectivity index (χ0) is 23.0. The van der Waals surface area contributed by atoms with Crippen LogP contribution in [0, 0.1) is 62.6 Å². The van der Waals surface area contributed by atoms with E-state index in [0.29, 0.717) is 11.6 Å². The minimum atomic E-state index is -0.466. The molecular formula is C21H9N11. The first kappa shape index (κ1) is 19.9. The van der Waals surface area contributed by atoms with Crippen molar-refractivity contribution in [2.24, 2.45) is 10.9 Å². The number of hydrogen-bond donors (Lipinski definition) is 1. The highest BCUT2D eigenvalue weighted by atomic mass is 14.9. The Balaban J connectivity index is 2.41. The van der Waals surface area contributed by atoms with Crippen molar-refractivity contribution in [3.8, 4) is 30.3 Å². The zero-order valence-electron chi connectivity index (χ0n) is 16.4. The molecule has 148 valence electrons. The molecule has 0 saturated carbocycles. The van der Waals surface area contributed by atoms with E-state index in [1.165, 1.54) is 0 Å². The molecule has 3 aromatic rings. The molecule has 0 aliphatic carbocycles. The minimum absolute atomic E-state index is 0.0842. The Hall–Kier alpha value is -5.44. The van der Waals surface area contributed by atoms with Crippen LogP contribution in [0.15, 0.2) is 16.3 Å². The lowest BCUT2D eigenvalue weighted by atomic mass is 9.94. The van der Waals surface area contributed by atoms with Crippen molar-refractivity contribution in [2.75, 3.05) is 5.73 Å². The van der Waals surface area contributed by atoms with E-state index in [1.807, 2.05) is 37.3 Å². The highest BCUT2D eigenvalue weighted by molar-refractivity contribution is 6.01. The van der Waals surface area contributed by atoms with Gasteiger partial charge in [0.2, 0.25) is 0 Å². The van der Waals surface area contributed by atoms with Crippen molar-refractivity contribution in [3.63, 3.8) is 0 Å². The SMILES string of the molecule is CCC1C=c2c(c3nc(N)c(C#N)nc3c3nc(C#N)c(C#N)nc23)=NC(C#N)=C1C#N. The number of allylic oxidation sites excluding steroid dienone is 2. The normalized spacial score (nSPS) is 14.6. The molecule has 0 saturated heterocycles. The van der Waals surface area contributed by atoms with Crippen LogP contribution < -0.4 is 16.3 Å². The van der Waals surface area contributed by atoms with Crippen LogP contribution in [-0.2, 0) is 0 Å². The summed E-state index contributed by atoms with van der Waals surface area (Å²) in [6.07, 6.45) is 2.19. The molecule has 0 spiro atoms. The van der Waals surface area contributed by atoms with Crippen molar-refractivity contribution in [3.05, 3.63) is 38.9 Å². The second kappa shape index (κ2) is 7.43. The lowest BCUT2D eigenvalue weighted by Crippen LogP contribution is -2.30. The summed E-state index contributed by atoms with van der Waals surface area (Å²) < 4.78 is 0. The van der Waals surface area contributed by atoms with Gasteiger partial charge in [-0.3, -0.25) is 0 Å². The number of fused-ring (bicyclic) bond motifs is 6. The number of aromatic nitrogens is 4. The van der Waals surface area contributed by atoms with Gasteiger partial charge in [-0.25, -0.2) is 24.9 Å². The van der Waals surface area contributed by atoms with E-state index >= 15 is 0 Å². The van der Waals surface area contributed by atoms with E-state index in [2.05, 4.69) is 24.9 Å². The van der Waals surface area contributed by atoms with Gasteiger partial charge in [0.1, 0.15) is 51.7 Å². The Bertz CT molecular complexity index is 1730. The van der Waals surface area contributed by atoms with Crippen molar-refractivity contribution in [1.82, 2.24) is 19.9 Å². The molecular weight excluding hydrogens is 406 g/mol. The third-order valence-corrected chi connectivity index (χ3v) is 4.98. The van der Waals surface area contributed by atoms with Gasteiger partial charge < -0.3 is 5.73 Å². The van der Waals surface area contributed by atoms with Crippen LogP contribution in [0.3, 0.4) is 0 Å². The lowest BCUT2D eigenvalue weighted by Gasteiger charge is -2.08. The van der Waals surface area contributed by atoms with Crippen molar-refractivity contribution in [2.45, 2.75) is 13.3 Å². The maximum Gasteiger partial charge on any atom is 0.183 e. The van der Waals surface area contributed by atoms with E-state index in [9.17, 15) is 26.3 Å². The maximum absolute atomic E-state index is 9.66. The van der Waals surface area contributed by atoms with Crippen LogP contribution in [-0.4, -0.2) is 19.9 Å². The predicted molar refractivity (Wildman–Crippen MR) is 108 cm³/mol. The maximum atomic E-state index is 9.66. The van der Waals surface area contributed by atoms with Crippen LogP contribution in [0.25, 0.3) is 28.1 Å². The Morgan fingerprint density at radius 3 is 1.94 bits per heavy atom. The molecule has 0 fully saturated rings. The van der Waals surface area contributed by atoms with Crippen LogP contribution in [0.4, 0.5) is 5.82 Å². The van der Waals surface area contributed by atoms with E-state index in [0.717, 1.165) is 0 Å². The van der Waals surface area contributed by atoms with Gasteiger partial charge in [0.05, 0.1) is 11.6 Å². The quantitative estimate of drug-likeness (QED) is 0.544. The van der Waals surface area contributed by atoms with Crippen molar-refractivity contribution < 1.29 is 0 Å². The summed E-state index contributed by atoms with van der Waals surface area (Å²) in [6, 6.07) is 9.50. The highest BCUT2D eigenvalue weighted by Crippen LogP contribution is 2.24. The van der Waals surface area contributed by atoms with Gasteiger partial charge >= 0.3 is 0 Å². The van der Waals surface area contributed by atoms with E-state index in [-0.39, 0.29) is 61.6 Å². The number of nitrogen functional groups attached to an aromatic ring is 1. The number of nitriles is 5. The number of nitrogens with zero attached hydrogens (tertiary/aromatic N) is 10. The molecule has 2 N–H and O–H groups in total. The number of rotatable bonds is 1. The fraction of sp³-hybridized carbons (Fsp3) is 0.143. The van der Waals surface area contributed by atoms with E-state index in [4.69, 9.17) is 5.73 Å². The zero-order valence-corrected chi connectivity index (χ0v) is 16.4. The molecule has 1 unspecified atom stereocenters. The van der Waals surface area contributed by atoms with Gasteiger partial charge in [-0.15, -0.1) is 0 Å². The number of anilines is 1. The molecule has 0 amide bonds. The molecule has 2 aromatic heterocycles. The van der Waals surface area contributed by atoms with Gasteiger partial charge in [0, 0.05) is 11.1 Å². The molecule has 1 aromatic carbocycles. The monoisotopic (exact) mass is 415 g/mol. The fourth-order valence-electron chi connectivity index (χ4n) is 3.49. The Labute approximate surface area is 180 Å². The van der Waals surface area contributed by atoms with E-state index in [1.54, 1.807) is 6.08 Å². The van der Waals surface area contributed by atoms with Crippen molar-refractivity contribution in [1.29, 1.82) is 26.3 Å². The van der Waals surface area contributed by atoms with Gasteiger partial charge in [0.15, 0.2) is 28.6 Å². The summed E-state index contributed by atoms with van der Waals surface area (Å²) in [7, 11) is 0. The predicted octanol–water partition coefficient (Wildman–Crippen LogP) is 0.511. The summed E-state index contributed by atoms with van der Waals surface area (Å²) in [5, 5.41) is 48.0. The van der Waals surface area contributed by atoms with Crippen molar-refractivity contribution >= 4 is 34.0 Å². The van der Waals surface area contributed by atoms with Crippen LogP contribution in [0.1, 0.15) is 30.4 Å². The average Bonchev–Trinajstić information content (AvgIpc) is 2.99.